The highest BCUT2D eigenvalue weighted by Crippen LogP contribution is 2.31. The highest BCUT2D eigenvalue weighted by Gasteiger charge is 2.17. The van der Waals surface area contributed by atoms with Crippen LogP contribution < -0.4 is 10.6 Å². The Labute approximate surface area is 172 Å². The number of aryl methyl sites for hydroxylation is 1. The Hall–Kier alpha value is -2.64. The van der Waals surface area contributed by atoms with Crippen LogP contribution >= 0.6 is 23.1 Å². The number of hydrogen-bond acceptors (Lipinski definition) is 5. The average Bonchev–Trinajstić information content (AvgIpc) is 3.12. The second-order valence-corrected chi connectivity index (χ2v) is 8.82. The fourth-order valence-electron chi connectivity index (χ4n) is 2.46. The van der Waals surface area contributed by atoms with E-state index in [0.717, 1.165) is 15.6 Å². The second kappa shape index (κ2) is 9.03. The second-order valence-electron chi connectivity index (χ2n) is 6.37. The van der Waals surface area contributed by atoms with E-state index in [1.165, 1.54) is 35.6 Å². The first kappa shape index (κ1) is 20.1. The van der Waals surface area contributed by atoms with Crippen LogP contribution in [0.5, 0.6) is 0 Å². The van der Waals surface area contributed by atoms with Crippen molar-refractivity contribution in [3.63, 3.8) is 0 Å². The number of amides is 2. The minimum atomic E-state index is -0.285. The lowest BCUT2D eigenvalue weighted by Gasteiger charge is -2.11. The number of aromatic nitrogens is 1. The van der Waals surface area contributed by atoms with Gasteiger partial charge in [-0.15, -0.1) is 11.3 Å². The third-order valence-corrected chi connectivity index (χ3v) is 6.02. The Morgan fingerprint density at radius 3 is 2.21 bits per heavy atom. The molecule has 0 fully saturated rings. The summed E-state index contributed by atoms with van der Waals surface area (Å²) in [5, 5.41) is 7.32. The SMILES string of the molecule is CC(=O)Nc1ccc(NC(=O)[C@H](C)Sc2nc(-c3ccc(C)cc3)cs2)cc1. The van der Waals surface area contributed by atoms with Gasteiger partial charge in [0.05, 0.1) is 10.9 Å². The number of hydrogen-bond donors (Lipinski definition) is 2. The lowest BCUT2D eigenvalue weighted by Crippen LogP contribution is -2.22. The van der Waals surface area contributed by atoms with E-state index in [-0.39, 0.29) is 17.1 Å². The zero-order valence-electron chi connectivity index (χ0n) is 15.9. The van der Waals surface area contributed by atoms with Crippen molar-refractivity contribution in [2.24, 2.45) is 0 Å². The van der Waals surface area contributed by atoms with Gasteiger partial charge < -0.3 is 10.6 Å². The molecule has 0 unspecified atom stereocenters. The molecule has 0 bridgehead atoms. The first-order valence-electron chi connectivity index (χ1n) is 8.78. The van der Waals surface area contributed by atoms with Gasteiger partial charge in [-0.1, -0.05) is 41.6 Å². The van der Waals surface area contributed by atoms with E-state index < -0.39 is 0 Å². The summed E-state index contributed by atoms with van der Waals surface area (Å²) in [6.07, 6.45) is 0. The smallest absolute Gasteiger partial charge is 0.237 e. The zero-order chi connectivity index (χ0) is 20.1. The maximum atomic E-state index is 12.5. The molecule has 0 aliphatic rings. The fraction of sp³-hybridized carbons (Fsp3) is 0.190. The van der Waals surface area contributed by atoms with Gasteiger partial charge in [-0.2, -0.15) is 0 Å². The first-order valence-corrected chi connectivity index (χ1v) is 10.5. The molecule has 0 spiro atoms. The number of carbonyl (C=O) groups is 2. The molecule has 5 nitrogen and oxygen atoms in total. The van der Waals surface area contributed by atoms with E-state index in [9.17, 15) is 9.59 Å². The summed E-state index contributed by atoms with van der Waals surface area (Å²) in [4.78, 5) is 28.2. The van der Waals surface area contributed by atoms with Crippen molar-refractivity contribution in [3.8, 4) is 11.3 Å². The van der Waals surface area contributed by atoms with Crippen molar-refractivity contribution in [1.82, 2.24) is 4.98 Å². The number of nitrogens with one attached hydrogen (secondary N) is 2. The molecule has 0 aliphatic heterocycles. The molecule has 28 heavy (non-hydrogen) atoms. The van der Waals surface area contributed by atoms with E-state index in [2.05, 4.69) is 46.8 Å². The summed E-state index contributed by atoms with van der Waals surface area (Å²) in [7, 11) is 0. The maximum Gasteiger partial charge on any atom is 0.237 e. The van der Waals surface area contributed by atoms with Gasteiger partial charge in [0.15, 0.2) is 4.34 Å². The highest BCUT2D eigenvalue weighted by molar-refractivity contribution is 8.02. The fourth-order valence-corrected chi connectivity index (χ4v) is 4.43. The van der Waals surface area contributed by atoms with Crippen LogP contribution in [-0.4, -0.2) is 22.0 Å². The van der Waals surface area contributed by atoms with Crippen LogP contribution in [0.25, 0.3) is 11.3 Å². The lowest BCUT2D eigenvalue weighted by atomic mass is 10.1. The first-order chi connectivity index (χ1) is 13.4. The van der Waals surface area contributed by atoms with Gasteiger partial charge in [0.2, 0.25) is 11.8 Å². The minimum Gasteiger partial charge on any atom is -0.326 e. The number of anilines is 2. The lowest BCUT2D eigenvalue weighted by molar-refractivity contribution is -0.115. The molecule has 1 heterocycles. The molecule has 0 saturated heterocycles. The molecule has 2 N–H and O–H groups in total. The van der Waals surface area contributed by atoms with Crippen molar-refractivity contribution in [2.45, 2.75) is 30.4 Å². The number of thiazole rings is 1. The molecular formula is C21H21N3O2S2. The number of rotatable bonds is 6. The molecule has 7 heteroatoms. The van der Waals surface area contributed by atoms with Gasteiger partial charge in [0, 0.05) is 29.2 Å². The van der Waals surface area contributed by atoms with Crippen LogP contribution in [0, 0.1) is 6.92 Å². The molecule has 1 aromatic heterocycles. The van der Waals surface area contributed by atoms with Crippen LogP contribution in [0.1, 0.15) is 19.4 Å². The number of carbonyl (C=O) groups excluding carboxylic acids is 2. The Morgan fingerprint density at radius 2 is 1.61 bits per heavy atom. The number of thioether (sulfide) groups is 1. The molecule has 3 rings (SSSR count). The van der Waals surface area contributed by atoms with Crippen molar-refractivity contribution in [3.05, 3.63) is 59.5 Å². The van der Waals surface area contributed by atoms with E-state index in [1.807, 2.05) is 12.3 Å². The van der Waals surface area contributed by atoms with E-state index in [4.69, 9.17) is 0 Å². The zero-order valence-corrected chi connectivity index (χ0v) is 17.5. The van der Waals surface area contributed by atoms with E-state index in [0.29, 0.717) is 11.4 Å². The largest absolute Gasteiger partial charge is 0.326 e. The summed E-state index contributed by atoms with van der Waals surface area (Å²) in [6.45, 7) is 5.37. The van der Waals surface area contributed by atoms with Crippen LogP contribution in [0.4, 0.5) is 11.4 Å². The maximum absolute atomic E-state index is 12.5. The van der Waals surface area contributed by atoms with Crippen molar-refractivity contribution >= 4 is 46.3 Å². The summed E-state index contributed by atoms with van der Waals surface area (Å²) in [6, 6.07) is 15.3. The third kappa shape index (κ3) is 5.43. The molecule has 2 amide bonds. The van der Waals surface area contributed by atoms with Gasteiger partial charge in [-0.3, -0.25) is 9.59 Å². The van der Waals surface area contributed by atoms with Gasteiger partial charge in [0.1, 0.15) is 0 Å². The van der Waals surface area contributed by atoms with Crippen LogP contribution in [0.3, 0.4) is 0 Å². The Kier molecular flexibility index (Phi) is 6.49. The van der Waals surface area contributed by atoms with Gasteiger partial charge in [-0.05, 0) is 38.1 Å². The van der Waals surface area contributed by atoms with Gasteiger partial charge in [-0.25, -0.2) is 4.98 Å². The molecule has 0 radical (unpaired) electrons. The summed E-state index contributed by atoms with van der Waals surface area (Å²) < 4.78 is 0.860. The Morgan fingerprint density at radius 1 is 1.00 bits per heavy atom. The quantitative estimate of drug-likeness (QED) is 0.547. The summed E-state index contributed by atoms with van der Waals surface area (Å²) in [5.74, 6) is -0.223. The molecule has 0 aliphatic carbocycles. The van der Waals surface area contributed by atoms with Crippen molar-refractivity contribution in [1.29, 1.82) is 0 Å². The molecule has 1 atom stereocenters. The van der Waals surface area contributed by atoms with Crippen LogP contribution in [-0.2, 0) is 9.59 Å². The standard InChI is InChI=1S/C21H21N3O2S2/c1-13-4-6-16(7-5-13)19-12-27-21(24-19)28-14(2)20(26)23-18-10-8-17(9-11-18)22-15(3)25/h4-12,14H,1-3H3,(H,22,25)(H,23,26)/t14-/m0/s1. The molecular weight excluding hydrogens is 390 g/mol. The topological polar surface area (TPSA) is 71.1 Å². The average molecular weight is 412 g/mol. The normalized spacial score (nSPS) is 11.7. The predicted octanol–water partition coefficient (Wildman–Crippen LogP) is 5.20. The molecule has 144 valence electrons. The number of nitrogens with zero attached hydrogens (tertiary/aromatic N) is 1. The third-order valence-electron chi connectivity index (χ3n) is 3.95. The number of benzene rings is 2. The predicted molar refractivity (Wildman–Crippen MR) is 117 cm³/mol. The molecule has 2 aromatic carbocycles. The van der Waals surface area contributed by atoms with Crippen molar-refractivity contribution in [2.75, 3.05) is 10.6 Å². The molecule has 0 saturated carbocycles. The monoisotopic (exact) mass is 411 g/mol. The van der Waals surface area contributed by atoms with E-state index in [1.54, 1.807) is 24.3 Å². The van der Waals surface area contributed by atoms with E-state index >= 15 is 0 Å². The minimum absolute atomic E-state index is 0.0932. The van der Waals surface area contributed by atoms with Gasteiger partial charge in [0.25, 0.3) is 0 Å². The van der Waals surface area contributed by atoms with Crippen molar-refractivity contribution < 1.29 is 9.59 Å². The summed E-state index contributed by atoms with van der Waals surface area (Å²) in [5.41, 5.74) is 4.59. The molecule has 3 aromatic rings. The highest BCUT2D eigenvalue weighted by atomic mass is 32.2. The Bertz CT molecular complexity index is 966. The van der Waals surface area contributed by atoms with Gasteiger partial charge >= 0.3 is 0 Å². The Balaban J connectivity index is 1.58. The van der Waals surface area contributed by atoms with Crippen LogP contribution in [0.2, 0.25) is 0 Å². The van der Waals surface area contributed by atoms with Crippen LogP contribution in [0.15, 0.2) is 58.3 Å². The summed E-state index contributed by atoms with van der Waals surface area (Å²) >= 11 is 2.98.